The number of Topliss-reactive ketones (excluding diaryl/α,β-unsaturated/α-hetero) is 1. The Morgan fingerprint density at radius 1 is 1.13 bits per heavy atom. The van der Waals surface area contributed by atoms with Crippen molar-refractivity contribution < 1.29 is 9.53 Å². The molecule has 0 spiro atoms. The molecule has 2 heteroatoms. The fraction of sp³-hybridized carbons (Fsp3) is 0.462. The molecule has 0 aromatic heterocycles. The van der Waals surface area contributed by atoms with Crippen molar-refractivity contribution in [3.05, 3.63) is 29.3 Å². The predicted molar refractivity (Wildman–Crippen MR) is 59.3 cm³/mol. The molecule has 80 valence electrons. The van der Waals surface area contributed by atoms with Crippen LogP contribution in [0.1, 0.15) is 30.4 Å². The number of hydrogen-bond donors (Lipinski definition) is 0. The van der Waals surface area contributed by atoms with E-state index in [0.717, 1.165) is 31.4 Å². The van der Waals surface area contributed by atoms with Crippen LogP contribution in [0.2, 0.25) is 0 Å². The van der Waals surface area contributed by atoms with Crippen LogP contribution in [0, 0.1) is 0 Å². The van der Waals surface area contributed by atoms with Gasteiger partial charge in [0.05, 0.1) is 7.11 Å². The molecule has 0 amide bonds. The number of ether oxygens (including phenoxy) is 1. The Morgan fingerprint density at radius 2 is 1.93 bits per heavy atom. The highest BCUT2D eigenvalue weighted by molar-refractivity contribution is 5.81. The maximum absolute atomic E-state index is 11.5. The van der Waals surface area contributed by atoms with Crippen LogP contribution in [-0.2, 0) is 17.6 Å². The van der Waals surface area contributed by atoms with E-state index in [-0.39, 0.29) is 0 Å². The Kier molecular flexibility index (Phi) is 3.05. The first-order valence-corrected chi connectivity index (χ1v) is 5.47. The lowest BCUT2D eigenvalue weighted by Gasteiger charge is -2.14. The topological polar surface area (TPSA) is 26.3 Å². The molecule has 0 heterocycles. The van der Waals surface area contributed by atoms with E-state index in [1.165, 1.54) is 11.1 Å². The quantitative estimate of drug-likeness (QED) is 0.702. The van der Waals surface area contributed by atoms with Gasteiger partial charge in [-0.1, -0.05) is 6.07 Å². The second-order valence-electron chi connectivity index (χ2n) is 4.06. The Bertz CT molecular complexity index is 369. The van der Waals surface area contributed by atoms with Gasteiger partial charge in [-0.25, -0.2) is 0 Å². The van der Waals surface area contributed by atoms with E-state index < -0.39 is 0 Å². The Hall–Kier alpha value is -1.31. The van der Waals surface area contributed by atoms with Crippen molar-refractivity contribution in [3.8, 4) is 5.75 Å². The van der Waals surface area contributed by atoms with Crippen molar-refractivity contribution in [3.63, 3.8) is 0 Å². The maximum Gasteiger partial charge on any atom is 0.137 e. The van der Waals surface area contributed by atoms with Gasteiger partial charge < -0.3 is 4.74 Å². The van der Waals surface area contributed by atoms with Gasteiger partial charge in [0.15, 0.2) is 0 Å². The van der Waals surface area contributed by atoms with E-state index in [2.05, 4.69) is 6.07 Å². The van der Waals surface area contributed by atoms with Crippen LogP contribution in [0.4, 0.5) is 0 Å². The molecule has 0 radical (unpaired) electrons. The van der Waals surface area contributed by atoms with E-state index in [0.29, 0.717) is 12.2 Å². The standard InChI is InChI=1S/C13H16O2/c1-15-13-7-6-11-8-12(14)5-3-2-4-10(11)9-13/h6-7,9H,2-5,8H2,1H3. The summed E-state index contributed by atoms with van der Waals surface area (Å²) in [5, 5.41) is 0. The molecule has 0 unspecified atom stereocenters. The summed E-state index contributed by atoms with van der Waals surface area (Å²) in [5.74, 6) is 1.25. The van der Waals surface area contributed by atoms with Gasteiger partial charge in [-0.2, -0.15) is 0 Å². The smallest absolute Gasteiger partial charge is 0.137 e. The molecular weight excluding hydrogens is 188 g/mol. The van der Waals surface area contributed by atoms with Crippen molar-refractivity contribution in [1.82, 2.24) is 0 Å². The minimum Gasteiger partial charge on any atom is -0.497 e. The first-order chi connectivity index (χ1) is 7.29. The number of rotatable bonds is 1. The minimum absolute atomic E-state index is 0.362. The molecule has 2 nitrogen and oxygen atoms in total. The summed E-state index contributed by atoms with van der Waals surface area (Å²) in [6, 6.07) is 6.03. The average Bonchev–Trinajstić information content (AvgIpc) is 2.23. The number of ketones is 1. The normalized spacial score (nSPS) is 16.5. The van der Waals surface area contributed by atoms with Crippen molar-refractivity contribution >= 4 is 5.78 Å². The molecule has 0 bridgehead atoms. The fourth-order valence-corrected chi connectivity index (χ4v) is 2.07. The Balaban J connectivity index is 2.31. The molecule has 0 saturated carbocycles. The average molecular weight is 204 g/mol. The van der Waals surface area contributed by atoms with Crippen molar-refractivity contribution in [1.29, 1.82) is 0 Å². The summed E-state index contributed by atoms with van der Waals surface area (Å²) >= 11 is 0. The van der Waals surface area contributed by atoms with E-state index in [9.17, 15) is 4.79 Å². The number of carbonyl (C=O) groups excluding carboxylic acids is 1. The number of fused-ring (bicyclic) bond motifs is 1. The van der Waals surface area contributed by atoms with Gasteiger partial charge in [0, 0.05) is 12.8 Å². The third-order valence-electron chi connectivity index (χ3n) is 2.95. The molecular formula is C13H16O2. The van der Waals surface area contributed by atoms with Crippen molar-refractivity contribution in [2.75, 3.05) is 7.11 Å². The van der Waals surface area contributed by atoms with Crippen LogP contribution in [-0.4, -0.2) is 12.9 Å². The van der Waals surface area contributed by atoms with E-state index in [1.54, 1.807) is 7.11 Å². The summed E-state index contributed by atoms with van der Waals surface area (Å²) < 4.78 is 5.19. The Labute approximate surface area is 90.3 Å². The number of methoxy groups -OCH3 is 1. The van der Waals surface area contributed by atoms with Crippen molar-refractivity contribution in [2.24, 2.45) is 0 Å². The molecule has 0 saturated heterocycles. The molecule has 1 aromatic carbocycles. The summed E-state index contributed by atoms with van der Waals surface area (Å²) in [7, 11) is 1.68. The second kappa shape index (κ2) is 4.47. The molecule has 2 rings (SSSR count). The highest BCUT2D eigenvalue weighted by atomic mass is 16.5. The van der Waals surface area contributed by atoms with Crippen LogP contribution in [0.5, 0.6) is 5.75 Å². The van der Waals surface area contributed by atoms with Crippen LogP contribution in [0.15, 0.2) is 18.2 Å². The van der Waals surface area contributed by atoms with Gasteiger partial charge in [0.2, 0.25) is 0 Å². The first-order valence-electron chi connectivity index (χ1n) is 5.47. The monoisotopic (exact) mass is 204 g/mol. The van der Waals surface area contributed by atoms with Crippen molar-refractivity contribution in [2.45, 2.75) is 32.1 Å². The van der Waals surface area contributed by atoms with Gasteiger partial charge in [-0.3, -0.25) is 4.79 Å². The number of aryl methyl sites for hydroxylation is 1. The summed E-state index contributed by atoms with van der Waals surface area (Å²) in [6.45, 7) is 0. The van der Waals surface area contributed by atoms with Gasteiger partial charge in [0.1, 0.15) is 11.5 Å². The maximum atomic E-state index is 11.5. The molecule has 0 atom stereocenters. The van der Waals surface area contributed by atoms with Gasteiger partial charge in [-0.05, 0) is 42.5 Å². The van der Waals surface area contributed by atoms with E-state index in [4.69, 9.17) is 4.74 Å². The first kappa shape index (κ1) is 10.2. The molecule has 1 aliphatic carbocycles. The highest BCUT2D eigenvalue weighted by Gasteiger charge is 2.12. The van der Waals surface area contributed by atoms with Gasteiger partial charge in [0.25, 0.3) is 0 Å². The Morgan fingerprint density at radius 3 is 2.73 bits per heavy atom. The van der Waals surface area contributed by atoms with Crippen LogP contribution < -0.4 is 4.74 Å². The third-order valence-corrected chi connectivity index (χ3v) is 2.95. The minimum atomic E-state index is 0.362. The molecule has 1 aromatic rings. The largest absolute Gasteiger partial charge is 0.497 e. The zero-order valence-corrected chi connectivity index (χ0v) is 9.08. The van der Waals surface area contributed by atoms with Crippen LogP contribution in [0.25, 0.3) is 0 Å². The van der Waals surface area contributed by atoms with Gasteiger partial charge in [-0.15, -0.1) is 0 Å². The molecule has 0 fully saturated rings. The zero-order valence-electron chi connectivity index (χ0n) is 9.08. The lowest BCUT2D eigenvalue weighted by Crippen LogP contribution is -2.09. The van der Waals surface area contributed by atoms with E-state index in [1.807, 2.05) is 12.1 Å². The van der Waals surface area contributed by atoms with Gasteiger partial charge >= 0.3 is 0 Å². The molecule has 0 aliphatic heterocycles. The zero-order chi connectivity index (χ0) is 10.7. The fourth-order valence-electron chi connectivity index (χ4n) is 2.07. The third kappa shape index (κ3) is 2.38. The lowest BCUT2D eigenvalue weighted by molar-refractivity contribution is -0.118. The second-order valence-corrected chi connectivity index (χ2v) is 4.06. The van der Waals surface area contributed by atoms with E-state index >= 15 is 0 Å². The van der Waals surface area contributed by atoms with Crippen LogP contribution in [0.3, 0.4) is 0 Å². The number of benzene rings is 1. The summed E-state index contributed by atoms with van der Waals surface area (Å²) in [4.78, 5) is 11.5. The lowest BCUT2D eigenvalue weighted by atomic mass is 9.92. The molecule has 1 aliphatic rings. The predicted octanol–water partition coefficient (Wildman–Crippen LogP) is 2.53. The highest BCUT2D eigenvalue weighted by Crippen LogP contribution is 2.23. The van der Waals surface area contributed by atoms with Crippen LogP contribution >= 0.6 is 0 Å². The summed E-state index contributed by atoms with van der Waals surface area (Å²) in [6.07, 6.45) is 4.53. The number of carbonyl (C=O) groups is 1. The SMILES string of the molecule is COc1ccc2c(c1)CCCCC(=O)C2. The summed E-state index contributed by atoms with van der Waals surface area (Å²) in [5.41, 5.74) is 2.46. The number of hydrogen-bond acceptors (Lipinski definition) is 2. The molecule has 0 N–H and O–H groups in total. The molecule has 15 heavy (non-hydrogen) atoms.